The van der Waals surface area contributed by atoms with Gasteiger partial charge in [0.2, 0.25) is 0 Å². The molecule has 1 heterocycles. The Morgan fingerprint density at radius 2 is 2.07 bits per heavy atom. The zero-order valence-corrected chi connectivity index (χ0v) is 10.7. The molecule has 0 unspecified atom stereocenters. The van der Waals surface area contributed by atoms with E-state index < -0.39 is 10.2 Å². The summed E-state index contributed by atoms with van der Waals surface area (Å²) in [7, 11) is 1.33. The number of hydrogen-bond donors (Lipinski definition) is 0. The molecule has 0 bridgehead atoms. The van der Waals surface area contributed by atoms with E-state index in [1.165, 1.54) is 34.0 Å². The molecule has 0 saturated heterocycles. The minimum Gasteiger partial charge on any atom is -0.250 e. The molecule has 0 aliphatic heterocycles. The van der Waals surface area contributed by atoms with Crippen LogP contribution in [0.2, 0.25) is 0 Å². The summed E-state index contributed by atoms with van der Waals surface area (Å²) in [5.41, 5.74) is 0. The Balaban J connectivity index is 2.53. The normalized spacial score (nSPS) is 12.6. The van der Waals surface area contributed by atoms with Gasteiger partial charge >= 0.3 is 0 Å². The molecular weight excluding hydrogens is 234 g/mol. The number of rotatable bonds is 5. The van der Waals surface area contributed by atoms with Crippen molar-refractivity contribution in [2.24, 2.45) is 0 Å². The molecular formula is C8H15N3O2S2. The summed E-state index contributed by atoms with van der Waals surface area (Å²) in [4.78, 5) is 4.10. The predicted molar refractivity (Wildman–Crippen MR) is 61.1 cm³/mol. The Morgan fingerprint density at radius 3 is 2.53 bits per heavy atom. The average molecular weight is 249 g/mol. The van der Waals surface area contributed by atoms with E-state index in [2.05, 4.69) is 4.98 Å². The fourth-order valence-corrected chi connectivity index (χ4v) is 2.51. The molecule has 0 atom stereocenters. The van der Waals surface area contributed by atoms with Crippen LogP contribution in [0.4, 0.5) is 0 Å². The summed E-state index contributed by atoms with van der Waals surface area (Å²) in [6.07, 6.45) is 2.38. The van der Waals surface area contributed by atoms with Crippen LogP contribution >= 0.6 is 11.3 Å². The highest BCUT2D eigenvalue weighted by Crippen LogP contribution is 2.07. The largest absolute Gasteiger partial charge is 0.281 e. The summed E-state index contributed by atoms with van der Waals surface area (Å²) in [6.45, 7) is 0.452. The molecule has 0 N–H and O–H groups in total. The van der Waals surface area contributed by atoms with Gasteiger partial charge in [0.05, 0.1) is 5.01 Å². The monoisotopic (exact) mass is 249 g/mol. The molecule has 0 amide bonds. The lowest BCUT2D eigenvalue weighted by molar-refractivity contribution is 0.419. The van der Waals surface area contributed by atoms with Crippen molar-refractivity contribution in [1.29, 1.82) is 0 Å². The number of aromatic nitrogens is 1. The number of thiazole rings is 1. The lowest BCUT2D eigenvalue weighted by Gasteiger charge is -2.20. The number of likely N-dealkylation sites (N-methyl/N-ethyl adjacent to an activating group) is 1. The molecule has 0 saturated carbocycles. The topological polar surface area (TPSA) is 53.5 Å². The lowest BCUT2D eigenvalue weighted by Crippen LogP contribution is -2.38. The molecule has 0 fully saturated rings. The van der Waals surface area contributed by atoms with Gasteiger partial charge in [0.15, 0.2) is 0 Å². The molecule has 0 spiro atoms. The second-order valence-electron chi connectivity index (χ2n) is 3.29. The number of hydrogen-bond acceptors (Lipinski definition) is 4. The molecule has 0 aliphatic rings. The van der Waals surface area contributed by atoms with Crippen LogP contribution in [-0.2, 0) is 16.6 Å². The summed E-state index contributed by atoms with van der Waals surface area (Å²) in [5.74, 6) is 0. The van der Waals surface area contributed by atoms with E-state index in [9.17, 15) is 8.42 Å². The van der Waals surface area contributed by atoms with Crippen LogP contribution in [0.1, 0.15) is 5.01 Å². The van der Waals surface area contributed by atoms with Gasteiger partial charge in [0, 0.05) is 45.7 Å². The van der Waals surface area contributed by atoms with Gasteiger partial charge in [-0.25, -0.2) is 4.98 Å². The van der Waals surface area contributed by atoms with Crippen molar-refractivity contribution in [3.63, 3.8) is 0 Å². The molecule has 0 aliphatic carbocycles. The second-order valence-corrected chi connectivity index (χ2v) is 6.52. The number of nitrogens with zero attached hydrogens (tertiary/aromatic N) is 3. The highest BCUT2D eigenvalue weighted by molar-refractivity contribution is 7.86. The zero-order chi connectivity index (χ0) is 11.5. The van der Waals surface area contributed by atoms with Crippen LogP contribution in [0.25, 0.3) is 0 Å². The van der Waals surface area contributed by atoms with E-state index in [-0.39, 0.29) is 0 Å². The maximum absolute atomic E-state index is 11.6. The third-order valence-electron chi connectivity index (χ3n) is 1.98. The Kier molecular flexibility index (Phi) is 4.21. The van der Waals surface area contributed by atoms with Crippen molar-refractivity contribution in [3.8, 4) is 0 Å². The maximum atomic E-state index is 11.6. The SMILES string of the molecule is CN(C)S(=O)(=O)N(C)CCc1nccs1. The van der Waals surface area contributed by atoms with Crippen LogP contribution < -0.4 is 0 Å². The van der Waals surface area contributed by atoms with Crippen LogP contribution in [0.3, 0.4) is 0 Å². The van der Waals surface area contributed by atoms with Gasteiger partial charge in [0.1, 0.15) is 0 Å². The molecule has 1 aromatic heterocycles. The summed E-state index contributed by atoms with van der Waals surface area (Å²) < 4.78 is 25.8. The van der Waals surface area contributed by atoms with E-state index >= 15 is 0 Å². The summed E-state index contributed by atoms with van der Waals surface area (Å²) >= 11 is 1.54. The van der Waals surface area contributed by atoms with Crippen molar-refractivity contribution in [2.75, 3.05) is 27.7 Å². The van der Waals surface area contributed by atoms with E-state index in [1.807, 2.05) is 5.38 Å². The lowest BCUT2D eigenvalue weighted by atomic mass is 10.4. The third kappa shape index (κ3) is 3.23. The highest BCUT2D eigenvalue weighted by atomic mass is 32.2. The Bertz CT molecular complexity index is 386. The van der Waals surface area contributed by atoms with E-state index in [4.69, 9.17) is 0 Å². The van der Waals surface area contributed by atoms with Crippen molar-refractivity contribution in [3.05, 3.63) is 16.6 Å². The first-order valence-electron chi connectivity index (χ1n) is 4.46. The van der Waals surface area contributed by atoms with Gasteiger partial charge in [-0.1, -0.05) is 0 Å². The van der Waals surface area contributed by atoms with Gasteiger partial charge in [-0.05, 0) is 0 Å². The van der Waals surface area contributed by atoms with Crippen molar-refractivity contribution >= 4 is 21.5 Å². The fourth-order valence-electron chi connectivity index (χ4n) is 1.02. The van der Waals surface area contributed by atoms with Crippen LogP contribution in [0, 0.1) is 0 Å². The van der Waals surface area contributed by atoms with Gasteiger partial charge in [-0.2, -0.15) is 17.0 Å². The zero-order valence-electron chi connectivity index (χ0n) is 9.04. The first-order chi connectivity index (χ1) is 6.94. The second kappa shape index (κ2) is 5.02. The maximum Gasteiger partial charge on any atom is 0.281 e. The highest BCUT2D eigenvalue weighted by Gasteiger charge is 2.19. The minimum atomic E-state index is -3.29. The van der Waals surface area contributed by atoms with E-state index in [0.717, 1.165) is 5.01 Å². The van der Waals surface area contributed by atoms with Crippen molar-refractivity contribution in [1.82, 2.24) is 13.6 Å². The van der Waals surface area contributed by atoms with E-state index in [1.54, 1.807) is 13.2 Å². The van der Waals surface area contributed by atoms with Crippen LogP contribution in [0.15, 0.2) is 11.6 Å². The van der Waals surface area contributed by atoms with Crippen LogP contribution in [0.5, 0.6) is 0 Å². The quantitative estimate of drug-likeness (QED) is 0.760. The van der Waals surface area contributed by atoms with Crippen molar-refractivity contribution < 1.29 is 8.42 Å². The first kappa shape index (κ1) is 12.6. The average Bonchev–Trinajstić information content (AvgIpc) is 2.66. The molecule has 0 radical (unpaired) electrons. The van der Waals surface area contributed by atoms with Crippen molar-refractivity contribution in [2.45, 2.75) is 6.42 Å². The molecule has 1 rings (SSSR count). The van der Waals surface area contributed by atoms with Gasteiger partial charge < -0.3 is 0 Å². The molecule has 5 nitrogen and oxygen atoms in total. The first-order valence-corrected chi connectivity index (χ1v) is 6.74. The third-order valence-corrected chi connectivity index (χ3v) is 4.71. The molecule has 86 valence electrons. The molecule has 15 heavy (non-hydrogen) atoms. The molecule has 7 heteroatoms. The van der Waals surface area contributed by atoms with E-state index in [0.29, 0.717) is 13.0 Å². The summed E-state index contributed by atoms with van der Waals surface area (Å²) in [6, 6.07) is 0. The smallest absolute Gasteiger partial charge is 0.250 e. The Labute approximate surface area is 94.5 Å². The Hall–Kier alpha value is -0.500. The van der Waals surface area contributed by atoms with Gasteiger partial charge in [-0.15, -0.1) is 11.3 Å². The van der Waals surface area contributed by atoms with Gasteiger partial charge in [-0.3, -0.25) is 0 Å². The van der Waals surface area contributed by atoms with Gasteiger partial charge in [0.25, 0.3) is 10.2 Å². The Morgan fingerprint density at radius 1 is 1.40 bits per heavy atom. The molecule has 1 aromatic rings. The standard InChI is InChI=1S/C8H15N3O2S2/c1-10(2)15(12,13)11(3)6-4-8-9-5-7-14-8/h5,7H,4,6H2,1-3H3. The minimum absolute atomic E-state index is 0.452. The van der Waals surface area contributed by atoms with Crippen LogP contribution in [-0.4, -0.2) is 49.7 Å². The molecule has 0 aromatic carbocycles. The summed E-state index contributed by atoms with van der Waals surface area (Å²) in [5, 5.41) is 2.84. The fraction of sp³-hybridized carbons (Fsp3) is 0.625. The predicted octanol–water partition coefficient (Wildman–Crippen LogP) is 0.424.